The van der Waals surface area contributed by atoms with Gasteiger partial charge < -0.3 is 15.4 Å². The molecule has 1 aromatic carbocycles. The van der Waals surface area contributed by atoms with Gasteiger partial charge in [-0.15, -0.1) is 0 Å². The third kappa shape index (κ3) is 2.70. The van der Waals surface area contributed by atoms with Crippen molar-refractivity contribution in [3.8, 4) is 5.75 Å². The molecule has 20 heavy (non-hydrogen) atoms. The van der Waals surface area contributed by atoms with E-state index in [1.807, 2.05) is 0 Å². The Labute approximate surface area is 123 Å². The molecule has 1 aliphatic rings. The topological polar surface area (TPSA) is 41.3 Å². The average molecular weight is 278 g/mol. The molecule has 2 rings (SSSR count). The van der Waals surface area contributed by atoms with Crippen molar-refractivity contribution >= 4 is 0 Å². The standard InChI is InChI=1S/C17H28N2O/c1-13-12-19(3)14(2)11-17(13,9-10-18)15-5-7-16(20-4)8-6-15/h5-8,13-14H,9-12,18H2,1-4H3/p+2/t13-,14-,17+/m1/s1. The van der Waals surface area contributed by atoms with Gasteiger partial charge in [-0.05, 0) is 24.6 Å². The lowest BCUT2D eigenvalue weighted by atomic mass is 9.63. The van der Waals surface area contributed by atoms with Gasteiger partial charge in [0.2, 0.25) is 0 Å². The Morgan fingerprint density at radius 1 is 1.30 bits per heavy atom. The monoisotopic (exact) mass is 278 g/mol. The highest BCUT2D eigenvalue weighted by Crippen LogP contribution is 2.41. The number of methoxy groups -OCH3 is 1. The van der Waals surface area contributed by atoms with Gasteiger partial charge in [0.25, 0.3) is 0 Å². The summed E-state index contributed by atoms with van der Waals surface area (Å²) in [6.07, 6.45) is 2.43. The van der Waals surface area contributed by atoms with Gasteiger partial charge in [0, 0.05) is 24.2 Å². The van der Waals surface area contributed by atoms with Crippen LogP contribution in [0.3, 0.4) is 0 Å². The normalized spacial score (nSPS) is 34.0. The van der Waals surface area contributed by atoms with Gasteiger partial charge in [0.05, 0.1) is 33.3 Å². The number of hydrogen-bond donors (Lipinski definition) is 2. The van der Waals surface area contributed by atoms with Crippen LogP contribution in [-0.4, -0.2) is 33.3 Å². The summed E-state index contributed by atoms with van der Waals surface area (Å²) in [5.74, 6) is 1.63. The molecule has 3 nitrogen and oxygen atoms in total. The zero-order chi connectivity index (χ0) is 14.8. The molecule has 0 spiro atoms. The van der Waals surface area contributed by atoms with Crippen molar-refractivity contribution in [2.24, 2.45) is 5.92 Å². The lowest BCUT2D eigenvalue weighted by molar-refractivity contribution is -0.915. The second-order valence-electron chi connectivity index (χ2n) is 6.54. The average Bonchev–Trinajstić information content (AvgIpc) is 2.45. The number of benzene rings is 1. The molecule has 1 unspecified atom stereocenters. The Kier molecular flexibility index (Phi) is 4.71. The largest absolute Gasteiger partial charge is 0.497 e. The Morgan fingerprint density at radius 2 is 1.95 bits per heavy atom. The highest BCUT2D eigenvalue weighted by Gasteiger charge is 2.45. The Morgan fingerprint density at radius 3 is 2.50 bits per heavy atom. The number of nitrogens with one attached hydrogen (secondary N) is 1. The van der Waals surface area contributed by atoms with E-state index in [0.29, 0.717) is 12.0 Å². The van der Waals surface area contributed by atoms with E-state index in [2.05, 4.69) is 50.9 Å². The molecule has 1 aromatic rings. The molecule has 0 aliphatic carbocycles. The van der Waals surface area contributed by atoms with Crippen LogP contribution in [0.4, 0.5) is 0 Å². The van der Waals surface area contributed by atoms with E-state index in [1.165, 1.54) is 24.9 Å². The van der Waals surface area contributed by atoms with Gasteiger partial charge in [-0.2, -0.15) is 0 Å². The molecule has 1 heterocycles. The summed E-state index contributed by atoms with van der Waals surface area (Å²) < 4.78 is 5.30. The molecule has 1 fully saturated rings. The predicted molar refractivity (Wildman–Crippen MR) is 82.0 cm³/mol. The summed E-state index contributed by atoms with van der Waals surface area (Å²) in [5, 5.41) is 0. The van der Waals surface area contributed by atoms with Crippen LogP contribution in [-0.2, 0) is 5.41 Å². The van der Waals surface area contributed by atoms with Crippen LogP contribution in [0.1, 0.15) is 32.3 Å². The van der Waals surface area contributed by atoms with Crippen LogP contribution in [0.15, 0.2) is 24.3 Å². The first-order valence-electron chi connectivity index (χ1n) is 7.79. The molecule has 0 bridgehead atoms. The maximum absolute atomic E-state index is 5.30. The maximum Gasteiger partial charge on any atom is 0.118 e. The van der Waals surface area contributed by atoms with E-state index in [-0.39, 0.29) is 5.41 Å². The number of piperidine rings is 1. The Balaban J connectivity index is 2.37. The van der Waals surface area contributed by atoms with Gasteiger partial charge >= 0.3 is 0 Å². The van der Waals surface area contributed by atoms with Crippen molar-refractivity contribution < 1.29 is 15.4 Å². The van der Waals surface area contributed by atoms with E-state index in [9.17, 15) is 0 Å². The van der Waals surface area contributed by atoms with Gasteiger partial charge in [-0.3, -0.25) is 0 Å². The smallest absolute Gasteiger partial charge is 0.118 e. The van der Waals surface area contributed by atoms with Crippen LogP contribution >= 0.6 is 0 Å². The summed E-state index contributed by atoms with van der Waals surface area (Å²) in [7, 11) is 4.05. The molecule has 1 aliphatic heterocycles. The first-order valence-corrected chi connectivity index (χ1v) is 7.79. The lowest BCUT2D eigenvalue weighted by Crippen LogP contribution is -3.15. The number of ether oxygens (including phenoxy) is 1. The molecule has 0 saturated carbocycles. The van der Waals surface area contributed by atoms with E-state index in [0.717, 1.165) is 12.3 Å². The van der Waals surface area contributed by atoms with Gasteiger partial charge in [0.1, 0.15) is 5.75 Å². The minimum atomic E-state index is 0.285. The summed E-state index contributed by atoms with van der Waals surface area (Å²) in [6.45, 7) is 7.03. The van der Waals surface area contributed by atoms with Crippen molar-refractivity contribution in [2.75, 3.05) is 27.2 Å². The summed E-state index contributed by atoms with van der Waals surface area (Å²) >= 11 is 0. The molecule has 0 aromatic heterocycles. The van der Waals surface area contributed by atoms with Crippen molar-refractivity contribution in [3.63, 3.8) is 0 Å². The first kappa shape index (κ1) is 15.3. The predicted octanol–water partition coefficient (Wildman–Crippen LogP) is 0.508. The fourth-order valence-electron chi connectivity index (χ4n) is 3.93. The number of quaternary nitrogens is 2. The highest BCUT2D eigenvalue weighted by atomic mass is 16.5. The molecule has 3 heteroatoms. The fourth-order valence-corrected chi connectivity index (χ4v) is 3.93. The third-order valence-electron chi connectivity index (χ3n) is 5.37. The van der Waals surface area contributed by atoms with E-state index in [1.54, 1.807) is 12.0 Å². The van der Waals surface area contributed by atoms with E-state index in [4.69, 9.17) is 4.74 Å². The fraction of sp³-hybridized carbons (Fsp3) is 0.647. The van der Waals surface area contributed by atoms with E-state index < -0.39 is 0 Å². The quantitative estimate of drug-likeness (QED) is 0.828. The SMILES string of the molecule is COc1ccc([C@@]2(CC[NH3+])C[C@@H](C)[NH+](C)C[C@H]2C)cc1. The Hall–Kier alpha value is -1.06. The second kappa shape index (κ2) is 6.15. The van der Waals surface area contributed by atoms with Crippen LogP contribution in [0.25, 0.3) is 0 Å². The summed E-state index contributed by atoms with van der Waals surface area (Å²) in [4.78, 5) is 1.66. The van der Waals surface area contributed by atoms with Crippen molar-refractivity contribution in [1.29, 1.82) is 0 Å². The molecule has 0 amide bonds. The van der Waals surface area contributed by atoms with Crippen molar-refractivity contribution in [2.45, 2.75) is 38.1 Å². The minimum absolute atomic E-state index is 0.285. The van der Waals surface area contributed by atoms with E-state index >= 15 is 0 Å². The highest BCUT2D eigenvalue weighted by molar-refractivity contribution is 5.33. The first-order chi connectivity index (χ1) is 9.53. The minimum Gasteiger partial charge on any atom is -0.497 e. The van der Waals surface area contributed by atoms with Crippen LogP contribution in [0, 0.1) is 5.92 Å². The molecular weight excluding hydrogens is 248 g/mol. The number of rotatable bonds is 4. The Bertz CT molecular complexity index is 431. The maximum atomic E-state index is 5.30. The molecule has 0 radical (unpaired) electrons. The molecule has 4 atom stereocenters. The van der Waals surface area contributed by atoms with Crippen LogP contribution in [0.2, 0.25) is 0 Å². The van der Waals surface area contributed by atoms with Crippen LogP contribution in [0.5, 0.6) is 5.75 Å². The zero-order valence-electron chi connectivity index (χ0n) is 13.4. The van der Waals surface area contributed by atoms with Crippen molar-refractivity contribution in [3.05, 3.63) is 29.8 Å². The lowest BCUT2D eigenvalue weighted by Gasteiger charge is -2.47. The zero-order valence-corrected chi connectivity index (χ0v) is 13.4. The van der Waals surface area contributed by atoms with Gasteiger partial charge in [-0.1, -0.05) is 19.1 Å². The molecule has 112 valence electrons. The van der Waals surface area contributed by atoms with Crippen molar-refractivity contribution in [1.82, 2.24) is 0 Å². The van der Waals surface area contributed by atoms with Gasteiger partial charge in [0.15, 0.2) is 0 Å². The third-order valence-corrected chi connectivity index (χ3v) is 5.37. The second-order valence-corrected chi connectivity index (χ2v) is 6.54. The number of likely N-dealkylation sites (tertiary alicyclic amines) is 1. The van der Waals surface area contributed by atoms with Crippen LogP contribution < -0.4 is 15.4 Å². The number of hydrogen-bond acceptors (Lipinski definition) is 1. The van der Waals surface area contributed by atoms with Gasteiger partial charge in [-0.25, -0.2) is 0 Å². The molecular formula is C17H30N2O+2. The summed E-state index contributed by atoms with van der Waals surface area (Å²) in [6, 6.07) is 9.43. The molecule has 4 N–H and O–H groups in total. The summed E-state index contributed by atoms with van der Waals surface area (Å²) in [5.41, 5.74) is 5.88. The molecule has 1 saturated heterocycles.